The molecule has 0 aliphatic carbocycles. The molecule has 154 valence electrons. The van der Waals surface area contributed by atoms with Crippen LogP contribution < -0.4 is 11.1 Å². The van der Waals surface area contributed by atoms with E-state index in [-0.39, 0.29) is 22.8 Å². The van der Waals surface area contributed by atoms with Gasteiger partial charge in [-0.05, 0) is 36.8 Å². The molecular weight excluding hydrogens is 460 g/mol. The number of nitriles is 1. The van der Waals surface area contributed by atoms with Gasteiger partial charge in [-0.2, -0.15) is 5.26 Å². The maximum absolute atomic E-state index is 13.9. The van der Waals surface area contributed by atoms with Crippen molar-refractivity contribution < 1.29 is 14.3 Å². The van der Waals surface area contributed by atoms with Crippen molar-refractivity contribution in [3.8, 4) is 6.07 Å². The summed E-state index contributed by atoms with van der Waals surface area (Å²) in [7, 11) is 0. The summed E-state index contributed by atoms with van der Waals surface area (Å²) in [5.41, 5.74) is 6.12. The number of nitrogens with zero attached hydrogens (tertiary/aromatic N) is 2. The Labute approximate surface area is 186 Å². The molecule has 0 amide bonds. The highest BCUT2D eigenvalue weighted by atomic mass is 79.9. The van der Waals surface area contributed by atoms with Gasteiger partial charge < -0.3 is 20.7 Å². The zero-order chi connectivity index (χ0) is 21.8. The number of hydrogen-bond donors (Lipinski definition) is 2. The average Bonchev–Trinajstić information content (AvgIpc) is 3.07. The first-order valence-electron chi connectivity index (χ1n) is 9.78. The predicted molar refractivity (Wildman–Crippen MR) is 115 cm³/mol. The molecule has 1 fully saturated rings. The minimum Gasteiger partial charge on any atom is -0.439 e. The van der Waals surface area contributed by atoms with Crippen LogP contribution in [0.25, 0.3) is 0 Å². The summed E-state index contributed by atoms with van der Waals surface area (Å²) in [5.74, 6) is -0.282. The highest BCUT2D eigenvalue weighted by molar-refractivity contribution is 9.10. The van der Waals surface area contributed by atoms with Crippen molar-refractivity contribution in [1.82, 2.24) is 10.2 Å². The number of fused-ring (bicyclic) bond motifs is 3. The van der Waals surface area contributed by atoms with Crippen LogP contribution in [0.15, 0.2) is 75.8 Å². The molecule has 3 aliphatic rings. The summed E-state index contributed by atoms with van der Waals surface area (Å²) < 4.78 is 6.74. The minimum absolute atomic E-state index is 0.0405. The molecule has 0 bridgehead atoms. The SMILES string of the molecule is N#CC1=C(N)N2CCCNC2=C(C(=O)c2ccc(Br)cc2)C12OC(=O)c1ccccc12. The van der Waals surface area contributed by atoms with Crippen molar-refractivity contribution in [2.45, 2.75) is 12.0 Å². The van der Waals surface area contributed by atoms with E-state index < -0.39 is 11.6 Å². The molecule has 2 aromatic carbocycles. The van der Waals surface area contributed by atoms with E-state index in [1.54, 1.807) is 53.4 Å². The van der Waals surface area contributed by atoms with Gasteiger partial charge in [0.15, 0.2) is 5.78 Å². The van der Waals surface area contributed by atoms with Crippen molar-refractivity contribution in [2.24, 2.45) is 5.73 Å². The van der Waals surface area contributed by atoms with Crippen LogP contribution in [0.5, 0.6) is 0 Å². The van der Waals surface area contributed by atoms with Gasteiger partial charge in [0.25, 0.3) is 0 Å². The molecular formula is C23H17BrN4O3. The maximum atomic E-state index is 13.9. The Kier molecular flexibility index (Phi) is 4.38. The first-order valence-corrected chi connectivity index (χ1v) is 10.6. The third kappa shape index (κ3) is 2.63. The zero-order valence-corrected chi connectivity index (χ0v) is 17.9. The second-order valence-electron chi connectivity index (χ2n) is 7.48. The Morgan fingerprint density at radius 1 is 1.23 bits per heavy atom. The number of nitrogens with two attached hydrogens (primary N) is 1. The van der Waals surface area contributed by atoms with Gasteiger partial charge in [-0.25, -0.2) is 4.79 Å². The number of Topliss-reactive ketones (excluding diaryl/α,β-unsaturated/α-hetero) is 1. The summed E-state index contributed by atoms with van der Waals surface area (Å²) in [4.78, 5) is 28.5. The van der Waals surface area contributed by atoms with Crippen molar-refractivity contribution >= 4 is 27.7 Å². The summed E-state index contributed by atoms with van der Waals surface area (Å²) in [6.07, 6.45) is 0.784. The van der Waals surface area contributed by atoms with Gasteiger partial charge in [-0.3, -0.25) is 4.79 Å². The number of carbonyl (C=O) groups excluding carboxylic acids is 2. The molecule has 1 spiro atoms. The highest BCUT2D eigenvalue weighted by Crippen LogP contribution is 2.52. The summed E-state index contributed by atoms with van der Waals surface area (Å²) in [6.45, 7) is 1.17. The van der Waals surface area contributed by atoms with Crippen molar-refractivity contribution in [2.75, 3.05) is 13.1 Å². The Morgan fingerprint density at radius 2 is 1.97 bits per heavy atom. The van der Waals surface area contributed by atoms with E-state index in [0.29, 0.717) is 35.6 Å². The van der Waals surface area contributed by atoms with Crippen LogP contribution >= 0.6 is 15.9 Å². The Morgan fingerprint density at radius 3 is 2.71 bits per heavy atom. The number of esters is 1. The molecule has 3 aliphatic heterocycles. The molecule has 3 N–H and O–H groups in total. The number of ether oxygens (including phenoxy) is 1. The van der Waals surface area contributed by atoms with E-state index in [4.69, 9.17) is 10.5 Å². The van der Waals surface area contributed by atoms with Crippen molar-refractivity contribution in [3.63, 3.8) is 0 Å². The molecule has 0 radical (unpaired) electrons. The summed E-state index contributed by atoms with van der Waals surface area (Å²) in [5, 5.41) is 13.4. The number of carbonyl (C=O) groups is 2. The van der Waals surface area contributed by atoms with Gasteiger partial charge in [-0.15, -0.1) is 0 Å². The molecule has 0 aromatic heterocycles. The van der Waals surface area contributed by atoms with Gasteiger partial charge in [0, 0.05) is 28.7 Å². The second kappa shape index (κ2) is 7.00. The van der Waals surface area contributed by atoms with Gasteiger partial charge in [0.1, 0.15) is 23.3 Å². The predicted octanol–water partition coefficient (Wildman–Crippen LogP) is 2.91. The van der Waals surface area contributed by atoms with E-state index in [9.17, 15) is 14.9 Å². The number of hydrogen-bond acceptors (Lipinski definition) is 7. The lowest BCUT2D eigenvalue weighted by atomic mass is 9.74. The summed E-state index contributed by atoms with van der Waals surface area (Å²) >= 11 is 3.38. The average molecular weight is 477 g/mol. The van der Waals surface area contributed by atoms with E-state index >= 15 is 0 Å². The number of rotatable bonds is 2. The van der Waals surface area contributed by atoms with Crippen LogP contribution in [-0.2, 0) is 10.3 Å². The molecule has 5 rings (SSSR count). The largest absolute Gasteiger partial charge is 0.439 e. The number of halogens is 1. The van der Waals surface area contributed by atoms with Gasteiger partial charge in [0.2, 0.25) is 5.60 Å². The molecule has 1 saturated heterocycles. The number of ketones is 1. The third-order valence-corrected chi connectivity index (χ3v) is 6.35. The lowest BCUT2D eigenvalue weighted by Gasteiger charge is -2.44. The molecule has 0 saturated carbocycles. The van der Waals surface area contributed by atoms with Crippen molar-refractivity contribution in [3.05, 3.63) is 92.5 Å². The monoisotopic (exact) mass is 476 g/mol. The van der Waals surface area contributed by atoms with E-state index in [0.717, 1.165) is 10.9 Å². The van der Waals surface area contributed by atoms with Crippen molar-refractivity contribution in [1.29, 1.82) is 5.26 Å². The zero-order valence-electron chi connectivity index (χ0n) is 16.3. The van der Waals surface area contributed by atoms with Gasteiger partial charge >= 0.3 is 5.97 Å². The van der Waals surface area contributed by atoms with Crippen LogP contribution in [0.1, 0.15) is 32.7 Å². The molecule has 3 heterocycles. The van der Waals surface area contributed by atoms with Crippen LogP contribution in [0, 0.1) is 11.3 Å². The summed E-state index contributed by atoms with van der Waals surface area (Å²) in [6, 6.07) is 15.9. The number of benzene rings is 2. The van der Waals surface area contributed by atoms with Crippen LogP contribution in [0.3, 0.4) is 0 Å². The topological polar surface area (TPSA) is 108 Å². The Hall–Kier alpha value is -3.57. The van der Waals surface area contributed by atoms with Gasteiger partial charge in [0.05, 0.1) is 11.1 Å². The first-order chi connectivity index (χ1) is 15.0. The molecule has 1 atom stereocenters. The van der Waals surface area contributed by atoms with Gasteiger partial charge in [-0.1, -0.05) is 34.1 Å². The van der Waals surface area contributed by atoms with Crippen LogP contribution in [0.4, 0.5) is 0 Å². The second-order valence-corrected chi connectivity index (χ2v) is 8.40. The fourth-order valence-electron chi connectivity index (χ4n) is 4.46. The van der Waals surface area contributed by atoms with E-state index in [2.05, 4.69) is 27.3 Å². The lowest BCUT2D eigenvalue weighted by Crippen LogP contribution is -2.52. The normalized spacial score (nSPS) is 21.9. The quantitative estimate of drug-likeness (QED) is 0.506. The molecule has 31 heavy (non-hydrogen) atoms. The standard InChI is InChI=1S/C23H17BrN4O3/c24-14-8-6-13(7-9-14)19(29)18-21-27-10-3-11-28(21)20(26)17(12-25)23(18)16-5-2-1-4-15(16)22(30)31-23/h1-2,4-9,27H,3,10-11,26H2. The Bertz CT molecular complexity index is 1240. The molecule has 1 unspecified atom stereocenters. The molecule has 8 heteroatoms. The van der Waals surface area contributed by atoms with E-state index in [1.165, 1.54) is 0 Å². The maximum Gasteiger partial charge on any atom is 0.340 e. The number of nitrogens with one attached hydrogen (secondary N) is 1. The fourth-order valence-corrected chi connectivity index (χ4v) is 4.72. The smallest absolute Gasteiger partial charge is 0.340 e. The Balaban J connectivity index is 1.84. The first kappa shape index (κ1) is 19.4. The highest BCUT2D eigenvalue weighted by Gasteiger charge is 2.59. The minimum atomic E-state index is -1.70. The van der Waals surface area contributed by atoms with E-state index in [1.807, 2.05) is 0 Å². The van der Waals surface area contributed by atoms with Crippen LogP contribution in [0.2, 0.25) is 0 Å². The fraction of sp³-hybridized carbons (Fsp3) is 0.174. The molecule has 7 nitrogen and oxygen atoms in total. The van der Waals surface area contributed by atoms with Crippen LogP contribution in [-0.4, -0.2) is 29.7 Å². The lowest BCUT2D eigenvalue weighted by molar-refractivity contribution is 0.0194. The third-order valence-electron chi connectivity index (χ3n) is 5.83. The molecule has 2 aromatic rings.